The van der Waals surface area contributed by atoms with Crippen LogP contribution in [0.3, 0.4) is 0 Å². The Morgan fingerprint density at radius 3 is 2.85 bits per heavy atom. The summed E-state index contributed by atoms with van der Waals surface area (Å²) in [7, 11) is 1.35. The monoisotopic (exact) mass is 277 g/mol. The summed E-state index contributed by atoms with van der Waals surface area (Å²) in [5, 5.41) is 0. The van der Waals surface area contributed by atoms with Gasteiger partial charge in [0.15, 0.2) is 0 Å². The van der Waals surface area contributed by atoms with E-state index < -0.39 is 6.04 Å². The Hall–Kier alpha value is -2.04. The maximum Gasteiger partial charge on any atom is 0.328 e. The van der Waals surface area contributed by atoms with Crippen LogP contribution in [-0.4, -0.2) is 36.5 Å². The molecule has 0 radical (unpaired) electrons. The number of amides is 1. The van der Waals surface area contributed by atoms with E-state index in [1.54, 1.807) is 17.0 Å². The fraction of sp³-hybridized carbons (Fsp3) is 0.467. The minimum atomic E-state index is -0.468. The van der Waals surface area contributed by atoms with Crippen molar-refractivity contribution in [2.45, 2.75) is 32.2 Å². The van der Waals surface area contributed by atoms with Gasteiger partial charge in [0.25, 0.3) is 0 Å². The number of furan rings is 1. The molecule has 2 rings (SSSR count). The minimum Gasteiger partial charge on any atom is -0.467 e. The zero-order valence-electron chi connectivity index (χ0n) is 11.8. The van der Waals surface area contributed by atoms with Gasteiger partial charge in [-0.2, -0.15) is 0 Å². The van der Waals surface area contributed by atoms with Gasteiger partial charge < -0.3 is 14.1 Å². The van der Waals surface area contributed by atoms with E-state index in [0.717, 1.165) is 18.6 Å². The first-order valence-corrected chi connectivity index (χ1v) is 6.75. The smallest absolute Gasteiger partial charge is 0.328 e. The van der Waals surface area contributed by atoms with Gasteiger partial charge in [0.1, 0.15) is 17.6 Å². The molecule has 0 aliphatic carbocycles. The van der Waals surface area contributed by atoms with E-state index in [1.807, 2.05) is 13.0 Å². The molecule has 0 spiro atoms. The van der Waals surface area contributed by atoms with Crippen LogP contribution in [0.15, 0.2) is 22.6 Å². The quantitative estimate of drug-likeness (QED) is 0.627. The molecule has 0 bridgehead atoms. The molecule has 2 heterocycles. The van der Waals surface area contributed by atoms with E-state index in [2.05, 4.69) is 0 Å². The highest BCUT2D eigenvalue weighted by molar-refractivity contribution is 5.94. The van der Waals surface area contributed by atoms with Crippen LogP contribution in [0.4, 0.5) is 0 Å². The number of ether oxygens (including phenoxy) is 1. The minimum absolute atomic E-state index is 0.186. The molecule has 108 valence electrons. The molecule has 1 aromatic rings. The highest BCUT2D eigenvalue weighted by Gasteiger charge is 2.31. The lowest BCUT2D eigenvalue weighted by atomic mass is 10.0. The van der Waals surface area contributed by atoms with Crippen LogP contribution < -0.4 is 0 Å². The van der Waals surface area contributed by atoms with E-state index in [9.17, 15) is 9.59 Å². The van der Waals surface area contributed by atoms with Crippen molar-refractivity contribution in [1.29, 1.82) is 0 Å². The van der Waals surface area contributed by atoms with Crippen LogP contribution in [0.25, 0.3) is 6.08 Å². The summed E-state index contributed by atoms with van der Waals surface area (Å²) in [6.45, 7) is 2.43. The van der Waals surface area contributed by atoms with E-state index in [-0.39, 0.29) is 11.9 Å². The Balaban J connectivity index is 2.06. The first-order valence-electron chi connectivity index (χ1n) is 6.75. The van der Waals surface area contributed by atoms with Gasteiger partial charge in [-0.05, 0) is 44.4 Å². The Labute approximate surface area is 118 Å². The summed E-state index contributed by atoms with van der Waals surface area (Å²) < 4.78 is 10.1. The third kappa shape index (κ3) is 3.29. The number of esters is 1. The molecule has 5 heteroatoms. The highest BCUT2D eigenvalue weighted by atomic mass is 16.5. The molecule has 20 heavy (non-hydrogen) atoms. The lowest BCUT2D eigenvalue weighted by Gasteiger charge is -2.32. The SMILES string of the molecule is COC(=O)C1CCCCN1C(=O)/C=C/c1ccc(C)o1. The summed E-state index contributed by atoms with van der Waals surface area (Å²) in [6.07, 6.45) is 5.57. The number of nitrogens with zero attached hydrogens (tertiary/aromatic N) is 1. The maximum atomic E-state index is 12.2. The van der Waals surface area contributed by atoms with E-state index in [4.69, 9.17) is 9.15 Å². The van der Waals surface area contributed by atoms with Crippen molar-refractivity contribution < 1.29 is 18.7 Å². The van der Waals surface area contributed by atoms with Gasteiger partial charge in [-0.3, -0.25) is 4.79 Å². The van der Waals surface area contributed by atoms with Crippen molar-refractivity contribution in [3.05, 3.63) is 29.7 Å². The largest absolute Gasteiger partial charge is 0.467 e. The molecule has 1 fully saturated rings. The molecular weight excluding hydrogens is 258 g/mol. The third-order valence-electron chi connectivity index (χ3n) is 3.41. The van der Waals surface area contributed by atoms with Gasteiger partial charge >= 0.3 is 5.97 Å². The molecule has 1 atom stereocenters. The lowest BCUT2D eigenvalue weighted by Crippen LogP contribution is -2.47. The number of rotatable bonds is 3. The predicted octanol–water partition coefficient (Wildman–Crippen LogP) is 2.16. The number of likely N-dealkylation sites (tertiary alicyclic amines) is 1. The standard InChI is InChI=1S/C15H19NO4/c1-11-6-7-12(20-11)8-9-14(17)16-10-4-3-5-13(16)15(18)19-2/h6-9,13H,3-5,10H2,1-2H3/b9-8+. The van der Waals surface area contributed by atoms with Crippen molar-refractivity contribution in [2.75, 3.05) is 13.7 Å². The lowest BCUT2D eigenvalue weighted by molar-refractivity contribution is -0.153. The van der Waals surface area contributed by atoms with Gasteiger partial charge in [-0.1, -0.05) is 0 Å². The van der Waals surface area contributed by atoms with Gasteiger partial charge in [0.05, 0.1) is 7.11 Å². The number of piperidine rings is 1. The molecule has 5 nitrogen and oxygen atoms in total. The molecule has 1 amide bonds. The van der Waals surface area contributed by atoms with E-state index in [0.29, 0.717) is 18.7 Å². The van der Waals surface area contributed by atoms with Crippen LogP contribution in [0.2, 0.25) is 0 Å². The Kier molecular flexibility index (Phi) is 4.61. The molecule has 1 unspecified atom stereocenters. The van der Waals surface area contributed by atoms with Crippen molar-refractivity contribution in [3.8, 4) is 0 Å². The molecule has 1 aromatic heterocycles. The molecule has 0 N–H and O–H groups in total. The zero-order chi connectivity index (χ0) is 14.5. The first kappa shape index (κ1) is 14.4. The fourth-order valence-electron chi connectivity index (χ4n) is 2.37. The topological polar surface area (TPSA) is 59.8 Å². The van der Waals surface area contributed by atoms with Gasteiger partial charge in [-0.25, -0.2) is 4.79 Å². The van der Waals surface area contributed by atoms with Crippen LogP contribution in [0, 0.1) is 6.92 Å². The number of hydrogen-bond acceptors (Lipinski definition) is 4. The summed E-state index contributed by atoms with van der Waals surface area (Å²) in [4.78, 5) is 25.5. The van der Waals surface area contributed by atoms with Crippen molar-refractivity contribution in [3.63, 3.8) is 0 Å². The van der Waals surface area contributed by atoms with Crippen LogP contribution in [-0.2, 0) is 14.3 Å². The average molecular weight is 277 g/mol. The van der Waals surface area contributed by atoms with Gasteiger partial charge in [0.2, 0.25) is 5.91 Å². The molecule has 0 aromatic carbocycles. The van der Waals surface area contributed by atoms with Crippen molar-refractivity contribution in [2.24, 2.45) is 0 Å². The molecule has 1 aliphatic heterocycles. The number of methoxy groups -OCH3 is 1. The van der Waals surface area contributed by atoms with Crippen LogP contribution >= 0.6 is 0 Å². The van der Waals surface area contributed by atoms with Crippen LogP contribution in [0.1, 0.15) is 30.8 Å². The third-order valence-corrected chi connectivity index (χ3v) is 3.41. The van der Waals surface area contributed by atoms with E-state index >= 15 is 0 Å². The Morgan fingerprint density at radius 1 is 1.40 bits per heavy atom. The van der Waals surface area contributed by atoms with Crippen molar-refractivity contribution in [1.82, 2.24) is 4.90 Å². The van der Waals surface area contributed by atoms with Crippen LogP contribution in [0.5, 0.6) is 0 Å². The number of aryl methyl sites for hydroxylation is 1. The van der Waals surface area contributed by atoms with Crippen molar-refractivity contribution >= 4 is 18.0 Å². The Bertz CT molecular complexity index is 518. The summed E-state index contributed by atoms with van der Waals surface area (Å²) >= 11 is 0. The second-order valence-corrected chi connectivity index (χ2v) is 4.85. The average Bonchev–Trinajstić information content (AvgIpc) is 2.89. The maximum absolute atomic E-state index is 12.2. The normalized spacial score (nSPS) is 19.3. The number of carbonyl (C=O) groups excluding carboxylic acids is 2. The molecule has 0 saturated carbocycles. The summed E-state index contributed by atoms with van der Waals surface area (Å²) in [5.74, 6) is 0.888. The molecular formula is C15H19NO4. The molecule has 1 saturated heterocycles. The second kappa shape index (κ2) is 6.41. The number of carbonyl (C=O) groups is 2. The van der Waals surface area contributed by atoms with Gasteiger partial charge in [0, 0.05) is 12.6 Å². The summed E-state index contributed by atoms with van der Waals surface area (Å²) in [6, 6.07) is 3.17. The zero-order valence-corrected chi connectivity index (χ0v) is 11.8. The highest BCUT2D eigenvalue weighted by Crippen LogP contribution is 2.19. The summed E-state index contributed by atoms with van der Waals surface area (Å²) in [5.41, 5.74) is 0. The van der Waals surface area contributed by atoms with Gasteiger partial charge in [-0.15, -0.1) is 0 Å². The predicted molar refractivity (Wildman–Crippen MR) is 73.8 cm³/mol. The second-order valence-electron chi connectivity index (χ2n) is 4.85. The number of hydrogen-bond donors (Lipinski definition) is 0. The fourth-order valence-corrected chi connectivity index (χ4v) is 2.37. The first-order chi connectivity index (χ1) is 9.61. The molecule has 1 aliphatic rings. The Morgan fingerprint density at radius 2 is 2.20 bits per heavy atom. The van der Waals surface area contributed by atoms with E-state index in [1.165, 1.54) is 13.2 Å².